The monoisotopic (exact) mass is 398 g/mol. The molecule has 1 heterocycles. The van der Waals surface area contributed by atoms with Crippen molar-refractivity contribution >= 4 is 21.6 Å². The van der Waals surface area contributed by atoms with Gasteiger partial charge in [-0.15, -0.1) is 11.8 Å². The number of nitrogens with zero attached hydrogens (tertiary/aromatic N) is 2. The van der Waals surface area contributed by atoms with E-state index in [1.165, 1.54) is 51.0 Å². The third kappa shape index (κ3) is 9.14. The zero-order valence-corrected chi connectivity index (χ0v) is 18.0. The van der Waals surface area contributed by atoms with Gasteiger partial charge >= 0.3 is 0 Å². The molecule has 148 valence electrons. The van der Waals surface area contributed by atoms with Gasteiger partial charge in [-0.2, -0.15) is 5.26 Å². The Morgan fingerprint density at radius 2 is 1.69 bits per heavy atom. The summed E-state index contributed by atoms with van der Waals surface area (Å²) in [7, 11) is -1.49. The van der Waals surface area contributed by atoms with Gasteiger partial charge in [0, 0.05) is 19.3 Å². The lowest BCUT2D eigenvalue weighted by Crippen LogP contribution is -2.11. The molecule has 0 aromatic rings. The highest BCUT2D eigenvalue weighted by Gasteiger charge is 2.18. The molecule has 1 rings (SSSR count). The van der Waals surface area contributed by atoms with Crippen molar-refractivity contribution < 1.29 is 8.42 Å². The summed E-state index contributed by atoms with van der Waals surface area (Å²) in [6, 6.07) is 1.87. The van der Waals surface area contributed by atoms with Crippen molar-refractivity contribution in [3.8, 4) is 6.07 Å². The van der Waals surface area contributed by atoms with Crippen molar-refractivity contribution in [1.82, 2.24) is 4.90 Å². The van der Waals surface area contributed by atoms with E-state index in [2.05, 4.69) is 11.8 Å². The first-order valence-electron chi connectivity index (χ1n) is 9.90. The molecular formula is C20H34N2O2S2. The van der Waals surface area contributed by atoms with E-state index in [4.69, 9.17) is 0 Å². The van der Waals surface area contributed by atoms with E-state index >= 15 is 0 Å². The highest BCUT2D eigenvalue weighted by atomic mass is 32.2. The first-order valence-corrected chi connectivity index (χ1v) is 12.5. The molecule has 0 atom stereocenters. The molecule has 0 unspecified atom stereocenters. The lowest BCUT2D eigenvalue weighted by atomic mass is 10.1. The third-order valence-corrected chi connectivity index (χ3v) is 7.50. The Balaban J connectivity index is 2.28. The minimum absolute atomic E-state index is 0.0784. The Hall–Kier alpha value is -0.930. The van der Waals surface area contributed by atoms with Gasteiger partial charge in [0.1, 0.15) is 11.0 Å². The van der Waals surface area contributed by atoms with Gasteiger partial charge in [0.25, 0.3) is 0 Å². The molecule has 0 saturated carbocycles. The highest BCUT2D eigenvalue weighted by Crippen LogP contribution is 2.26. The van der Waals surface area contributed by atoms with Gasteiger partial charge in [0.2, 0.25) is 0 Å². The number of unbranched alkanes of at least 4 members (excludes halogenated alkanes) is 9. The smallest absolute Gasteiger partial charge is 0.188 e. The van der Waals surface area contributed by atoms with Gasteiger partial charge < -0.3 is 4.90 Å². The van der Waals surface area contributed by atoms with E-state index in [-0.39, 0.29) is 10.7 Å². The van der Waals surface area contributed by atoms with Gasteiger partial charge in [-0.3, -0.25) is 0 Å². The maximum Gasteiger partial charge on any atom is 0.188 e. The average Bonchev–Trinajstić information content (AvgIpc) is 3.02. The van der Waals surface area contributed by atoms with E-state index in [1.54, 1.807) is 17.8 Å². The van der Waals surface area contributed by atoms with Crippen LogP contribution in [0, 0.1) is 11.3 Å². The van der Waals surface area contributed by atoms with Crippen molar-refractivity contribution in [3.05, 3.63) is 22.1 Å². The molecule has 1 aliphatic rings. The second-order valence-electron chi connectivity index (χ2n) is 6.92. The largest absolute Gasteiger partial charge is 0.369 e. The second kappa shape index (κ2) is 13.3. The maximum atomic E-state index is 12.3. The first kappa shape index (κ1) is 23.1. The summed E-state index contributed by atoms with van der Waals surface area (Å²) < 4.78 is 24.7. The lowest BCUT2D eigenvalue weighted by Gasteiger charge is -2.09. The fraction of sp³-hybridized carbons (Fsp3) is 0.750. The topological polar surface area (TPSA) is 61.2 Å². The van der Waals surface area contributed by atoms with Crippen molar-refractivity contribution in [2.75, 3.05) is 25.1 Å². The van der Waals surface area contributed by atoms with Crippen LogP contribution in [0.4, 0.5) is 0 Å². The molecule has 26 heavy (non-hydrogen) atoms. The summed E-state index contributed by atoms with van der Waals surface area (Å²) in [6.45, 7) is 3.18. The summed E-state index contributed by atoms with van der Waals surface area (Å²) in [4.78, 5) is 1.97. The minimum Gasteiger partial charge on any atom is -0.369 e. The number of hydrogen-bond acceptors (Lipinski definition) is 5. The van der Waals surface area contributed by atoms with Gasteiger partial charge in [-0.1, -0.05) is 64.7 Å². The molecule has 1 saturated heterocycles. The molecule has 0 N–H and O–H groups in total. The van der Waals surface area contributed by atoms with Crippen LogP contribution in [0.5, 0.6) is 0 Å². The van der Waals surface area contributed by atoms with E-state index < -0.39 is 9.84 Å². The van der Waals surface area contributed by atoms with Crippen LogP contribution in [-0.4, -0.2) is 38.4 Å². The minimum atomic E-state index is -3.46. The molecule has 0 amide bonds. The molecule has 0 spiro atoms. The van der Waals surface area contributed by atoms with Crippen LogP contribution in [-0.2, 0) is 9.84 Å². The summed E-state index contributed by atoms with van der Waals surface area (Å²) in [5, 5.41) is 10.2. The Labute approximate surface area is 164 Å². The van der Waals surface area contributed by atoms with Crippen molar-refractivity contribution in [1.29, 1.82) is 5.26 Å². The van der Waals surface area contributed by atoms with Gasteiger partial charge in [-0.05, 0) is 18.6 Å². The van der Waals surface area contributed by atoms with Crippen LogP contribution in [0.15, 0.2) is 22.1 Å². The Morgan fingerprint density at radius 3 is 2.19 bits per heavy atom. The zero-order valence-electron chi connectivity index (χ0n) is 16.4. The molecule has 1 fully saturated rings. The molecule has 0 aromatic carbocycles. The van der Waals surface area contributed by atoms with Crippen LogP contribution in [0.3, 0.4) is 0 Å². The Morgan fingerprint density at radius 1 is 1.12 bits per heavy atom. The van der Waals surface area contributed by atoms with Crippen molar-refractivity contribution in [2.45, 2.75) is 71.1 Å². The molecule has 1 aliphatic heterocycles. The number of rotatable bonds is 13. The second-order valence-corrected chi connectivity index (χ2v) is 10.1. The number of thioether (sulfide) groups is 1. The van der Waals surface area contributed by atoms with Crippen molar-refractivity contribution in [2.24, 2.45) is 0 Å². The summed E-state index contributed by atoms with van der Waals surface area (Å²) in [6.07, 6.45) is 14.9. The fourth-order valence-corrected chi connectivity index (χ4v) is 5.20. The molecule has 0 bridgehead atoms. The highest BCUT2D eigenvalue weighted by molar-refractivity contribution is 8.03. The van der Waals surface area contributed by atoms with Gasteiger partial charge in [0.05, 0.1) is 10.8 Å². The molecule has 6 heteroatoms. The predicted molar refractivity (Wildman–Crippen MR) is 112 cm³/mol. The number of nitriles is 1. The summed E-state index contributed by atoms with van der Waals surface area (Å²) >= 11 is 1.69. The van der Waals surface area contributed by atoms with Crippen LogP contribution in [0.2, 0.25) is 0 Å². The SMILES string of the molecule is CCCCCCCCCCCCS(=O)(=O)C(C#N)=CC=C1SCCN1C. The zero-order chi connectivity index (χ0) is 19.3. The molecule has 0 radical (unpaired) electrons. The van der Waals surface area contributed by atoms with E-state index in [0.717, 1.165) is 30.2 Å². The first-order chi connectivity index (χ1) is 12.5. The Kier molecular flexibility index (Phi) is 11.8. The maximum absolute atomic E-state index is 12.3. The van der Waals surface area contributed by atoms with Crippen LogP contribution in [0.1, 0.15) is 71.1 Å². The number of sulfone groups is 1. The lowest BCUT2D eigenvalue weighted by molar-refractivity contribution is 0.493. The molecule has 0 aliphatic carbocycles. The molecule has 0 aromatic heterocycles. The van der Waals surface area contributed by atoms with Crippen LogP contribution in [0.25, 0.3) is 0 Å². The standard InChI is InChI=1S/C20H34N2O2S2/c1-3-4-5-6-7-8-9-10-11-12-17-26(23,24)19(18-21)13-14-20-22(2)15-16-25-20/h13-14H,3-12,15-17H2,1-2H3. The van der Waals surface area contributed by atoms with Gasteiger partial charge in [0.15, 0.2) is 9.84 Å². The van der Waals surface area contributed by atoms with E-state index in [0.29, 0.717) is 6.42 Å². The van der Waals surface area contributed by atoms with Crippen LogP contribution >= 0.6 is 11.8 Å². The number of hydrogen-bond donors (Lipinski definition) is 0. The quantitative estimate of drug-likeness (QED) is 0.313. The average molecular weight is 399 g/mol. The predicted octanol–water partition coefficient (Wildman–Crippen LogP) is 5.25. The fourth-order valence-electron chi connectivity index (χ4n) is 2.93. The summed E-state index contributed by atoms with van der Waals surface area (Å²) in [5.74, 6) is 1.08. The van der Waals surface area contributed by atoms with E-state index in [1.807, 2.05) is 13.1 Å². The summed E-state index contributed by atoms with van der Waals surface area (Å²) in [5.41, 5.74) is 0. The van der Waals surface area contributed by atoms with Crippen LogP contribution < -0.4 is 0 Å². The third-order valence-electron chi connectivity index (χ3n) is 4.64. The normalized spacial score (nSPS) is 17.0. The van der Waals surface area contributed by atoms with Gasteiger partial charge in [-0.25, -0.2) is 8.42 Å². The molecule has 4 nitrogen and oxygen atoms in total. The van der Waals surface area contributed by atoms with Crippen molar-refractivity contribution in [3.63, 3.8) is 0 Å². The number of allylic oxidation sites excluding steroid dienone is 3. The molecular weight excluding hydrogens is 364 g/mol. The Bertz CT molecular complexity index is 604. The van der Waals surface area contributed by atoms with E-state index in [9.17, 15) is 13.7 Å².